The summed E-state index contributed by atoms with van der Waals surface area (Å²) in [6, 6.07) is 0.282. The molecule has 0 radical (unpaired) electrons. The van der Waals surface area contributed by atoms with Gasteiger partial charge in [0.25, 0.3) is 0 Å². The molecule has 1 saturated carbocycles. The number of imidazole rings is 1. The Morgan fingerprint density at radius 2 is 1.86 bits per heavy atom. The SMILES string of the molecule is Cc1nc(S(=O)(=O)CC2CCCO2)n(C2CCCCC2)c1C. The van der Waals surface area contributed by atoms with E-state index in [9.17, 15) is 8.42 Å². The first-order valence-corrected chi connectivity index (χ1v) is 10.0. The van der Waals surface area contributed by atoms with Crippen LogP contribution in [-0.4, -0.2) is 36.4 Å². The maximum Gasteiger partial charge on any atom is 0.228 e. The Kier molecular flexibility index (Phi) is 4.59. The van der Waals surface area contributed by atoms with Crippen LogP contribution in [0.4, 0.5) is 0 Å². The van der Waals surface area contributed by atoms with Gasteiger partial charge in [0, 0.05) is 18.3 Å². The van der Waals surface area contributed by atoms with E-state index in [0.717, 1.165) is 37.1 Å². The lowest BCUT2D eigenvalue weighted by Gasteiger charge is -2.26. The first kappa shape index (κ1) is 16.0. The summed E-state index contributed by atoms with van der Waals surface area (Å²) in [5.41, 5.74) is 1.83. The van der Waals surface area contributed by atoms with Crippen molar-refractivity contribution in [2.75, 3.05) is 12.4 Å². The van der Waals surface area contributed by atoms with E-state index in [1.165, 1.54) is 19.3 Å². The Labute approximate surface area is 133 Å². The van der Waals surface area contributed by atoms with Crippen LogP contribution in [0, 0.1) is 13.8 Å². The average Bonchev–Trinajstić information content (AvgIpc) is 3.09. The molecule has 1 aromatic heterocycles. The molecule has 0 spiro atoms. The van der Waals surface area contributed by atoms with E-state index in [2.05, 4.69) is 4.98 Å². The first-order chi connectivity index (χ1) is 10.5. The maximum absolute atomic E-state index is 12.9. The number of aromatic nitrogens is 2. The highest BCUT2D eigenvalue weighted by molar-refractivity contribution is 7.91. The van der Waals surface area contributed by atoms with Gasteiger partial charge in [0.1, 0.15) is 0 Å². The molecule has 0 aromatic carbocycles. The molecule has 5 nitrogen and oxygen atoms in total. The predicted octanol–water partition coefficient (Wildman–Crippen LogP) is 2.96. The second-order valence-corrected chi connectivity index (χ2v) is 8.57. The van der Waals surface area contributed by atoms with Crippen LogP contribution in [0.2, 0.25) is 0 Å². The van der Waals surface area contributed by atoms with Gasteiger partial charge in [-0.15, -0.1) is 0 Å². The van der Waals surface area contributed by atoms with E-state index < -0.39 is 9.84 Å². The second kappa shape index (κ2) is 6.32. The molecular formula is C16H26N2O3S. The van der Waals surface area contributed by atoms with Crippen LogP contribution in [0.25, 0.3) is 0 Å². The van der Waals surface area contributed by atoms with E-state index in [-0.39, 0.29) is 23.1 Å². The zero-order chi connectivity index (χ0) is 15.7. The molecule has 3 rings (SSSR count). The van der Waals surface area contributed by atoms with Crippen LogP contribution < -0.4 is 0 Å². The Morgan fingerprint density at radius 1 is 1.14 bits per heavy atom. The number of hydrogen-bond donors (Lipinski definition) is 0. The van der Waals surface area contributed by atoms with Crippen LogP contribution >= 0.6 is 0 Å². The molecule has 0 N–H and O–H groups in total. The van der Waals surface area contributed by atoms with Crippen molar-refractivity contribution in [3.63, 3.8) is 0 Å². The van der Waals surface area contributed by atoms with Crippen molar-refractivity contribution in [2.45, 2.75) is 76.1 Å². The molecule has 1 aliphatic carbocycles. The Morgan fingerprint density at radius 3 is 2.50 bits per heavy atom. The van der Waals surface area contributed by atoms with Gasteiger partial charge in [-0.1, -0.05) is 19.3 Å². The number of hydrogen-bond acceptors (Lipinski definition) is 4. The molecule has 124 valence electrons. The van der Waals surface area contributed by atoms with E-state index in [1.54, 1.807) is 0 Å². The molecule has 2 heterocycles. The third-order valence-corrected chi connectivity index (χ3v) is 6.66. The molecule has 1 atom stereocenters. The molecular weight excluding hydrogens is 300 g/mol. The lowest BCUT2D eigenvalue weighted by molar-refractivity contribution is 0.127. The van der Waals surface area contributed by atoms with Crippen molar-refractivity contribution in [3.8, 4) is 0 Å². The minimum absolute atomic E-state index is 0.0651. The summed E-state index contributed by atoms with van der Waals surface area (Å²) < 4.78 is 33.2. The largest absolute Gasteiger partial charge is 0.377 e. The monoisotopic (exact) mass is 326 g/mol. The average molecular weight is 326 g/mol. The van der Waals surface area contributed by atoms with Gasteiger partial charge in [-0.05, 0) is 39.5 Å². The summed E-state index contributed by atoms with van der Waals surface area (Å²) in [6.45, 7) is 4.57. The maximum atomic E-state index is 12.9. The number of aryl methyl sites for hydroxylation is 1. The molecule has 6 heteroatoms. The standard InChI is InChI=1S/C16H26N2O3S/c1-12-13(2)18(14-7-4-3-5-8-14)16(17-12)22(19,20)11-15-9-6-10-21-15/h14-15H,3-11H2,1-2H3. The van der Waals surface area contributed by atoms with Gasteiger partial charge in [-0.3, -0.25) is 0 Å². The van der Waals surface area contributed by atoms with Crippen molar-refractivity contribution in [1.29, 1.82) is 0 Å². The molecule has 2 aliphatic rings. The van der Waals surface area contributed by atoms with Gasteiger partial charge in [0.15, 0.2) is 0 Å². The van der Waals surface area contributed by atoms with Gasteiger partial charge >= 0.3 is 0 Å². The van der Waals surface area contributed by atoms with Gasteiger partial charge < -0.3 is 9.30 Å². The van der Waals surface area contributed by atoms with Crippen LogP contribution in [0.1, 0.15) is 62.4 Å². The van der Waals surface area contributed by atoms with E-state index in [4.69, 9.17) is 4.74 Å². The molecule has 1 aliphatic heterocycles. The van der Waals surface area contributed by atoms with E-state index >= 15 is 0 Å². The highest BCUT2D eigenvalue weighted by Gasteiger charge is 2.32. The first-order valence-electron chi connectivity index (χ1n) is 8.39. The highest BCUT2D eigenvalue weighted by atomic mass is 32.2. The third-order valence-electron chi connectivity index (χ3n) is 5.00. The summed E-state index contributed by atoms with van der Waals surface area (Å²) in [5, 5.41) is 0.268. The topological polar surface area (TPSA) is 61.2 Å². The second-order valence-electron chi connectivity index (χ2n) is 6.64. The summed E-state index contributed by atoms with van der Waals surface area (Å²) >= 11 is 0. The third kappa shape index (κ3) is 3.08. The molecule has 2 fully saturated rings. The zero-order valence-electron chi connectivity index (χ0n) is 13.5. The fourth-order valence-corrected chi connectivity index (χ4v) is 5.44. The van der Waals surface area contributed by atoms with Crippen LogP contribution in [0.3, 0.4) is 0 Å². The van der Waals surface area contributed by atoms with E-state index in [0.29, 0.717) is 6.61 Å². The van der Waals surface area contributed by atoms with E-state index in [1.807, 2.05) is 18.4 Å². The van der Waals surface area contributed by atoms with Crippen molar-refractivity contribution < 1.29 is 13.2 Å². The molecule has 1 aromatic rings. The molecule has 0 amide bonds. The zero-order valence-corrected chi connectivity index (χ0v) is 14.4. The Balaban J connectivity index is 1.93. The lowest BCUT2D eigenvalue weighted by atomic mass is 9.95. The van der Waals surface area contributed by atoms with Gasteiger partial charge in [-0.25, -0.2) is 13.4 Å². The van der Waals surface area contributed by atoms with Gasteiger partial charge in [0.2, 0.25) is 15.0 Å². The number of rotatable bonds is 4. The Bertz CT molecular complexity index is 624. The summed E-state index contributed by atoms with van der Waals surface area (Å²) in [6.07, 6.45) is 7.33. The Hall–Kier alpha value is -0.880. The lowest BCUT2D eigenvalue weighted by Crippen LogP contribution is -2.25. The van der Waals surface area contributed by atoms with Crippen molar-refractivity contribution in [1.82, 2.24) is 9.55 Å². The fraction of sp³-hybridized carbons (Fsp3) is 0.812. The van der Waals surface area contributed by atoms with Crippen LogP contribution in [0.5, 0.6) is 0 Å². The molecule has 22 heavy (non-hydrogen) atoms. The number of sulfone groups is 1. The van der Waals surface area contributed by atoms with Crippen molar-refractivity contribution in [2.24, 2.45) is 0 Å². The molecule has 1 unspecified atom stereocenters. The summed E-state index contributed by atoms with van der Waals surface area (Å²) in [4.78, 5) is 4.42. The quantitative estimate of drug-likeness (QED) is 0.853. The van der Waals surface area contributed by atoms with Crippen molar-refractivity contribution >= 4 is 9.84 Å². The molecule has 0 bridgehead atoms. The highest BCUT2D eigenvalue weighted by Crippen LogP contribution is 2.33. The fourth-order valence-electron chi connectivity index (χ4n) is 3.68. The predicted molar refractivity (Wildman–Crippen MR) is 84.8 cm³/mol. The van der Waals surface area contributed by atoms with Crippen LogP contribution in [0.15, 0.2) is 5.16 Å². The van der Waals surface area contributed by atoms with Gasteiger partial charge in [-0.2, -0.15) is 0 Å². The minimum atomic E-state index is -3.40. The summed E-state index contributed by atoms with van der Waals surface area (Å²) in [5.74, 6) is 0.0651. The molecule has 1 saturated heterocycles. The van der Waals surface area contributed by atoms with Crippen molar-refractivity contribution in [3.05, 3.63) is 11.4 Å². The smallest absolute Gasteiger partial charge is 0.228 e. The van der Waals surface area contributed by atoms with Gasteiger partial charge in [0.05, 0.1) is 17.6 Å². The normalized spacial score (nSPS) is 24.0. The van der Waals surface area contributed by atoms with Crippen LogP contribution in [-0.2, 0) is 14.6 Å². The number of ether oxygens (including phenoxy) is 1. The number of nitrogens with zero attached hydrogens (tertiary/aromatic N) is 2. The summed E-state index contributed by atoms with van der Waals surface area (Å²) in [7, 11) is -3.40. The minimum Gasteiger partial charge on any atom is -0.377 e.